The summed E-state index contributed by atoms with van der Waals surface area (Å²) in [7, 11) is -3.56. The molecule has 166 valence electrons. The Morgan fingerprint density at radius 2 is 1.56 bits per heavy atom. The summed E-state index contributed by atoms with van der Waals surface area (Å²) in [5.41, 5.74) is 2.11. The zero-order valence-corrected chi connectivity index (χ0v) is 18.3. The third-order valence-electron chi connectivity index (χ3n) is 5.58. The Morgan fingerprint density at radius 1 is 0.906 bits per heavy atom. The Kier molecular flexibility index (Phi) is 6.55. The number of ether oxygens (including phenoxy) is 1. The average molecular weight is 454 g/mol. The Hall–Kier alpha value is -3.19. The van der Waals surface area contributed by atoms with Crippen LogP contribution < -0.4 is 4.74 Å². The number of hydrogen-bond acceptors (Lipinski definition) is 4. The molecule has 1 aliphatic heterocycles. The molecule has 0 aliphatic carbocycles. The van der Waals surface area contributed by atoms with Crippen molar-refractivity contribution in [3.63, 3.8) is 0 Å². The molecule has 1 heterocycles. The van der Waals surface area contributed by atoms with Gasteiger partial charge in [-0.05, 0) is 53.9 Å². The van der Waals surface area contributed by atoms with Crippen LogP contribution in [-0.4, -0.2) is 37.6 Å². The molecule has 4 rings (SSSR count). The van der Waals surface area contributed by atoms with E-state index in [0.717, 1.165) is 29.0 Å². The van der Waals surface area contributed by atoms with Gasteiger partial charge in [0, 0.05) is 19.5 Å². The maximum atomic E-state index is 13.0. The minimum atomic E-state index is -3.56. The fourth-order valence-electron chi connectivity index (χ4n) is 3.56. The van der Waals surface area contributed by atoms with Gasteiger partial charge in [-0.1, -0.05) is 42.5 Å². The van der Waals surface area contributed by atoms with E-state index in [2.05, 4.69) is 0 Å². The van der Waals surface area contributed by atoms with Gasteiger partial charge < -0.3 is 9.64 Å². The Morgan fingerprint density at radius 3 is 2.22 bits per heavy atom. The smallest absolute Gasteiger partial charge is 0.222 e. The van der Waals surface area contributed by atoms with Crippen molar-refractivity contribution in [1.29, 1.82) is 0 Å². The van der Waals surface area contributed by atoms with E-state index in [9.17, 15) is 17.6 Å². The van der Waals surface area contributed by atoms with Crippen LogP contribution in [0.15, 0.2) is 83.8 Å². The van der Waals surface area contributed by atoms with E-state index in [-0.39, 0.29) is 23.9 Å². The highest BCUT2D eigenvalue weighted by atomic mass is 32.2. The molecule has 1 aliphatic rings. The maximum Gasteiger partial charge on any atom is 0.222 e. The van der Waals surface area contributed by atoms with Crippen LogP contribution in [0, 0.1) is 5.82 Å². The Labute approximate surface area is 187 Å². The van der Waals surface area contributed by atoms with E-state index < -0.39 is 20.9 Å². The van der Waals surface area contributed by atoms with Crippen LogP contribution in [0.4, 0.5) is 4.39 Å². The van der Waals surface area contributed by atoms with Gasteiger partial charge in [0.2, 0.25) is 5.91 Å². The van der Waals surface area contributed by atoms with E-state index in [4.69, 9.17) is 4.74 Å². The SMILES string of the molecule is O=C(CCc1ccc(OCc2ccccc2)cc1)N1CC(S(=O)(=O)c2ccc(F)cc2)C1. The third-order valence-corrected chi connectivity index (χ3v) is 7.69. The van der Waals surface area contributed by atoms with Gasteiger partial charge in [-0.25, -0.2) is 12.8 Å². The van der Waals surface area contributed by atoms with Crippen LogP contribution in [0.1, 0.15) is 17.5 Å². The zero-order valence-electron chi connectivity index (χ0n) is 17.5. The van der Waals surface area contributed by atoms with Crippen molar-refractivity contribution in [2.45, 2.75) is 29.6 Å². The second-order valence-corrected chi connectivity index (χ2v) is 10.1. The summed E-state index contributed by atoms with van der Waals surface area (Å²) in [6.45, 7) is 0.839. The first-order valence-electron chi connectivity index (χ1n) is 10.4. The van der Waals surface area contributed by atoms with Gasteiger partial charge in [0.15, 0.2) is 9.84 Å². The number of rotatable bonds is 8. The van der Waals surface area contributed by atoms with Crippen molar-refractivity contribution in [3.05, 3.63) is 95.8 Å². The molecule has 1 amide bonds. The maximum absolute atomic E-state index is 13.0. The lowest BCUT2D eigenvalue weighted by atomic mass is 10.1. The van der Waals surface area contributed by atoms with Crippen molar-refractivity contribution in [1.82, 2.24) is 4.90 Å². The van der Waals surface area contributed by atoms with Crippen molar-refractivity contribution in [2.75, 3.05) is 13.1 Å². The lowest BCUT2D eigenvalue weighted by molar-refractivity contribution is -0.134. The van der Waals surface area contributed by atoms with Crippen molar-refractivity contribution in [3.8, 4) is 5.75 Å². The molecule has 7 heteroatoms. The van der Waals surface area contributed by atoms with Crippen molar-refractivity contribution >= 4 is 15.7 Å². The van der Waals surface area contributed by atoms with Gasteiger partial charge in [-0.2, -0.15) is 0 Å². The summed E-state index contributed by atoms with van der Waals surface area (Å²) in [6, 6.07) is 22.4. The normalized spacial score (nSPS) is 14.1. The monoisotopic (exact) mass is 453 g/mol. The number of carbonyl (C=O) groups excluding carboxylic acids is 1. The first kappa shape index (κ1) is 22.0. The molecule has 0 unspecified atom stereocenters. The van der Waals surface area contributed by atoms with E-state index in [1.54, 1.807) is 4.90 Å². The topological polar surface area (TPSA) is 63.7 Å². The number of sulfone groups is 1. The van der Waals surface area contributed by atoms with E-state index in [0.29, 0.717) is 19.4 Å². The first-order valence-corrected chi connectivity index (χ1v) is 12.0. The quantitative estimate of drug-likeness (QED) is 0.483. The molecule has 3 aromatic carbocycles. The highest BCUT2D eigenvalue weighted by Gasteiger charge is 2.40. The number of hydrogen-bond donors (Lipinski definition) is 0. The van der Waals surface area contributed by atoms with Crippen LogP contribution in [0.25, 0.3) is 0 Å². The highest BCUT2D eigenvalue weighted by Crippen LogP contribution is 2.25. The van der Waals surface area contributed by atoms with Gasteiger partial charge in [0.1, 0.15) is 23.4 Å². The molecule has 32 heavy (non-hydrogen) atoms. The second-order valence-electron chi connectivity index (χ2n) is 7.84. The average Bonchev–Trinajstić information content (AvgIpc) is 2.77. The number of benzene rings is 3. The molecular formula is C25H24FNO4S. The molecule has 1 fully saturated rings. The van der Waals surface area contributed by atoms with Crippen LogP contribution >= 0.6 is 0 Å². The number of nitrogens with zero attached hydrogens (tertiary/aromatic N) is 1. The molecule has 0 spiro atoms. The van der Waals surface area contributed by atoms with Crippen LogP contribution in [0.2, 0.25) is 0 Å². The molecule has 3 aromatic rings. The lowest BCUT2D eigenvalue weighted by Crippen LogP contribution is -2.56. The predicted molar refractivity (Wildman–Crippen MR) is 119 cm³/mol. The highest BCUT2D eigenvalue weighted by molar-refractivity contribution is 7.92. The minimum absolute atomic E-state index is 0.0695. The van der Waals surface area contributed by atoms with Crippen molar-refractivity contribution in [2.24, 2.45) is 0 Å². The van der Waals surface area contributed by atoms with Gasteiger partial charge in [0.25, 0.3) is 0 Å². The molecule has 0 atom stereocenters. The molecule has 0 N–H and O–H groups in total. The number of likely N-dealkylation sites (tertiary alicyclic amines) is 1. The van der Waals surface area contributed by atoms with Gasteiger partial charge in [-0.15, -0.1) is 0 Å². The van der Waals surface area contributed by atoms with Crippen LogP contribution in [0.5, 0.6) is 5.75 Å². The Balaban J connectivity index is 1.23. The van der Waals surface area contributed by atoms with Gasteiger partial charge in [0.05, 0.1) is 4.90 Å². The summed E-state index contributed by atoms with van der Waals surface area (Å²) in [5, 5.41) is -0.641. The second kappa shape index (κ2) is 9.53. The fourth-order valence-corrected chi connectivity index (χ4v) is 5.21. The summed E-state index contributed by atoms with van der Waals surface area (Å²) < 4.78 is 44.0. The van der Waals surface area contributed by atoms with Gasteiger partial charge in [-0.3, -0.25) is 4.79 Å². The predicted octanol–water partition coefficient (Wildman–Crippen LogP) is 4.02. The Bertz CT molecular complexity index is 1160. The van der Waals surface area contributed by atoms with Crippen LogP contribution in [-0.2, 0) is 27.7 Å². The molecule has 1 saturated heterocycles. The summed E-state index contributed by atoms with van der Waals surface area (Å²) in [6.07, 6.45) is 0.886. The summed E-state index contributed by atoms with van der Waals surface area (Å²) in [5.74, 6) is 0.214. The number of aryl methyl sites for hydroxylation is 1. The van der Waals surface area contributed by atoms with Crippen molar-refractivity contribution < 1.29 is 22.3 Å². The lowest BCUT2D eigenvalue weighted by Gasteiger charge is -2.38. The number of carbonyl (C=O) groups is 1. The molecule has 0 bridgehead atoms. The summed E-state index contributed by atoms with van der Waals surface area (Å²) in [4.78, 5) is 14.1. The minimum Gasteiger partial charge on any atom is -0.489 e. The van der Waals surface area contributed by atoms with E-state index in [1.165, 1.54) is 12.1 Å². The standard InChI is InChI=1S/C25H24FNO4S/c26-21-9-13-23(14-10-21)32(29,30)24-16-27(17-24)25(28)15-8-19-6-11-22(12-7-19)31-18-20-4-2-1-3-5-20/h1-7,9-14,24H,8,15-18H2. The molecule has 5 nitrogen and oxygen atoms in total. The van der Waals surface area contributed by atoms with E-state index >= 15 is 0 Å². The molecule has 0 aromatic heterocycles. The largest absolute Gasteiger partial charge is 0.489 e. The fraction of sp³-hybridized carbons (Fsp3) is 0.240. The molecule has 0 radical (unpaired) electrons. The van der Waals surface area contributed by atoms with E-state index in [1.807, 2.05) is 54.6 Å². The third kappa shape index (κ3) is 5.16. The molecular weight excluding hydrogens is 429 g/mol. The van der Waals surface area contributed by atoms with Crippen LogP contribution in [0.3, 0.4) is 0 Å². The summed E-state index contributed by atoms with van der Waals surface area (Å²) >= 11 is 0. The number of halogens is 1. The zero-order chi connectivity index (χ0) is 22.6. The molecule has 0 saturated carbocycles. The first-order chi connectivity index (χ1) is 15.4. The van der Waals surface area contributed by atoms with Gasteiger partial charge >= 0.3 is 0 Å². The number of amides is 1.